The van der Waals surface area contributed by atoms with Gasteiger partial charge in [-0.15, -0.1) is 0 Å². The summed E-state index contributed by atoms with van der Waals surface area (Å²) in [6.45, 7) is 0.890. The highest BCUT2D eigenvalue weighted by Crippen LogP contribution is 2.28. The van der Waals surface area contributed by atoms with E-state index in [1.807, 2.05) is 0 Å². The van der Waals surface area contributed by atoms with E-state index in [4.69, 9.17) is 5.73 Å². The zero-order valence-electron chi connectivity index (χ0n) is 7.30. The molecule has 1 rings (SSSR count). The van der Waals surface area contributed by atoms with Crippen LogP contribution in [-0.4, -0.2) is 18.1 Å². The van der Waals surface area contributed by atoms with Crippen LogP contribution in [-0.2, 0) is 6.18 Å². The molecule has 78 valence electrons. The highest BCUT2D eigenvalue weighted by Gasteiger charge is 2.30. The molecule has 0 saturated heterocycles. The van der Waals surface area contributed by atoms with Crippen LogP contribution in [0.4, 0.5) is 19.0 Å². The molecule has 0 aliphatic carbocycles. The number of nitrogens with zero attached hydrogens (tertiary/aromatic N) is 1. The lowest BCUT2D eigenvalue weighted by Crippen LogP contribution is -2.14. The minimum absolute atomic E-state index is 0.392. The van der Waals surface area contributed by atoms with Crippen LogP contribution < -0.4 is 11.1 Å². The number of aromatic nitrogens is 1. The van der Waals surface area contributed by atoms with E-state index in [9.17, 15) is 13.2 Å². The van der Waals surface area contributed by atoms with E-state index in [0.717, 1.165) is 12.3 Å². The number of pyridine rings is 1. The SMILES string of the molecule is NCCNc1ccc(C(F)(F)F)cn1. The third-order valence-electron chi connectivity index (χ3n) is 1.54. The normalized spacial score (nSPS) is 11.4. The van der Waals surface area contributed by atoms with Crippen molar-refractivity contribution in [3.05, 3.63) is 23.9 Å². The number of hydrogen-bond donors (Lipinski definition) is 2. The van der Waals surface area contributed by atoms with E-state index in [1.165, 1.54) is 6.07 Å². The van der Waals surface area contributed by atoms with Crippen LogP contribution >= 0.6 is 0 Å². The third kappa shape index (κ3) is 2.88. The second kappa shape index (κ2) is 4.28. The molecule has 0 aliphatic heterocycles. The molecule has 1 aromatic rings. The van der Waals surface area contributed by atoms with Crippen molar-refractivity contribution in [2.24, 2.45) is 5.73 Å². The Morgan fingerprint density at radius 1 is 1.36 bits per heavy atom. The molecule has 14 heavy (non-hydrogen) atoms. The maximum absolute atomic E-state index is 12.1. The van der Waals surface area contributed by atoms with Gasteiger partial charge >= 0.3 is 6.18 Å². The van der Waals surface area contributed by atoms with Crippen molar-refractivity contribution < 1.29 is 13.2 Å². The Hall–Kier alpha value is -1.30. The summed E-state index contributed by atoms with van der Waals surface area (Å²) < 4.78 is 36.3. The molecular formula is C8H10F3N3. The standard InChI is InChI=1S/C8H10F3N3/c9-8(10,11)6-1-2-7(14-5-6)13-4-3-12/h1-2,5H,3-4,12H2,(H,13,14). The molecule has 0 atom stereocenters. The molecule has 0 radical (unpaired) electrons. The van der Waals surface area contributed by atoms with Crippen molar-refractivity contribution in [3.8, 4) is 0 Å². The summed E-state index contributed by atoms with van der Waals surface area (Å²) in [6.07, 6.45) is -3.54. The molecule has 3 N–H and O–H groups in total. The Labute approximate surface area is 79.1 Å². The predicted octanol–water partition coefficient (Wildman–Crippen LogP) is 1.47. The number of alkyl halides is 3. The molecular weight excluding hydrogens is 195 g/mol. The summed E-state index contributed by atoms with van der Waals surface area (Å²) in [4.78, 5) is 3.60. The zero-order chi connectivity index (χ0) is 10.6. The second-order valence-electron chi connectivity index (χ2n) is 2.65. The van der Waals surface area contributed by atoms with Crippen molar-refractivity contribution >= 4 is 5.82 Å². The van der Waals surface area contributed by atoms with E-state index in [-0.39, 0.29) is 0 Å². The monoisotopic (exact) mass is 205 g/mol. The van der Waals surface area contributed by atoms with Gasteiger partial charge in [-0.2, -0.15) is 13.2 Å². The van der Waals surface area contributed by atoms with Crippen molar-refractivity contribution in [2.75, 3.05) is 18.4 Å². The van der Waals surface area contributed by atoms with Crippen LogP contribution in [0.1, 0.15) is 5.56 Å². The Bertz CT molecular complexity index is 281. The Balaban J connectivity index is 2.69. The van der Waals surface area contributed by atoms with Crippen LogP contribution in [0.2, 0.25) is 0 Å². The van der Waals surface area contributed by atoms with Crippen LogP contribution in [0.5, 0.6) is 0 Å². The predicted molar refractivity (Wildman–Crippen MR) is 46.8 cm³/mol. The molecule has 0 aromatic carbocycles. The number of rotatable bonds is 3. The number of nitrogens with two attached hydrogens (primary N) is 1. The molecule has 0 bridgehead atoms. The number of anilines is 1. The average molecular weight is 205 g/mol. The molecule has 1 aromatic heterocycles. The Morgan fingerprint density at radius 3 is 2.50 bits per heavy atom. The Morgan fingerprint density at radius 2 is 2.07 bits per heavy atom. The highest BCUT2D eigenvalue weighted by atomic mass is 19.4. The van der Waals surface area contributed by atoms with Gasteiger partial charge in [0.05, 0.1) is 5.56 Å². The Kier molecular flexibility index (Phi) is 3.29. The van der Waals surface area contributed by atoms with Gasteiger partial charge < -0.3 is 11.1 Å². The van der Waals surface area contributed by atoms with Gasteiger partial charge in [0.25, 0.3) is 0 Å². The van der Waals surface area contributed by atoms with Gasteiger partial charge in [0.15, 0.2) is 0 Å². The quantitative estimate of drug-likeness (QED) is 0.785. The van der Waals surface area contributed by atoms with Crippen molar-refractivity contribution in [1.29, 1.82) is 0 Å². The first-order chi connectivity index (χ1) is 6.54. The van der Waals surface area contributed by atoms with Crippen molar-refractivity contribution in [2.45, 2.75) is 6.18 Å². The van der Waals surface area contributed by atoms with Gasteiger partial charge in [-0.25, -0.2) is 4.98 Å². The average Bonchev–Trinajstić information content (AvgIpc) is 2.14. The summed E-state index contributed by atoms with van der Waals surface area (Å²) in [7, 11) is 0. The largest absolute Gasteiger partial charge is 0.417 e. The summed E-state index contributed by atoms with van der Waals surface area (Å²) in [5, 5.41) is 2.77. The molecule has 1 heterocycles. The van der Waals surface area contributed by atoms with E-state index in [0.29, 0.717) is 18.9 Å². The van der Waals surface area contributed by atoms with Gasteiger partial charge in [-0.05, 0) is 12.1 Å². The minimum atomic E-state index is -4.33. The van der Waals surface area contributed by atoms with E-state index in [2.05, 4.69) is 10.3 Å². The summed E-state index contributed by atoms with van der Waals surface area (Å²) in [5.41, 5.74) is 4.45. The first kappa shape index (κ1) is 10.8. The van der Waals surface area contributed by atoms with Gasteiger partial charge in [0.1, 0.15) is 5.82 Å². The number of halogens is 3. The van der Waals surface area contributed by atoms with E-state index < -0.39 is 11.7 Å². The fourth-order valence-electron chi connectivity index (χ4n) is 0.866. The van der Waals surface area contributed by atoms with Crippen LogP contribution in [0.25, 0.3) is 0 Å². The lowest BCUT2D eigenvalue weighted by Gasteiger charge is -2.07. The maximum Gasteiger partial charge on any atom is 0.417 e. The van der Waals surface area contributed by atoms with E-state index >= 15 is 0 Å². The van der Waals surface area contributed by atoms with Gasteiger partial charge in [0, 0.05) is 19.3 Å². The fourth-order valence-corrected chi connectivity index (χ4v) is 0.866. The molecule has 0 fully saturated rings. The van der Waals surface area contributed by atoms with Gasteiger partial charge in [-0.1, -0.05) is 0 Å². The molecule has 6 heteroatoms. The first-order valence-electron chi connectivity index (χ1n) is 4.01. The molecule has 0 amide bonds. The van der Waals surface area contributed by atoms with E-state index in [1.54, 1.807) is 0 Å². The smallest absolute Gasteiger partial charge is 0.369 e. The lowest BCUT2D eigenvalue weighted by atomic mass is 10.3. The summed E-state index contributed by atoms with van der Waals surface area (Å²) in [6, 6.07) is 2.25. The molecule has 3 nitrogen and oxygen atoms in total. The summed E-state index contributed by atoms with van der Waals surface area (Å²) >= 11 is 0. The molecule has 0 spiro atoms. The van der Waals surface area contributed by atoms with Crippen LogP contribution in [0, 0.1) is 0 Å². The van der Waals surface area contributed by atoms with Crippen LogP contribution in [0.15, 0.2) is 18.3 Å². The lowest BCUT2D eigenvalue weighted by molar-refractivity contribution is -0.137. The maximum atomic E-state index is 12.1. The number of nitrogens with one attached hydrogen (secondary N) is 1. The fraction of sp³-hybridized carbons (Fsp3) is 0.375. The molecule has 0 saturated carbocycles. The van der Waals surface area contributed by atoms with Crippen molar-refractivity contribution in [1.82, 2.24) is 4.98 Å². The van der Waals surface area contributed by atoms with Crippen molar-refractivity contribution in [3.63, 3.8) is 0 Å². The molecule has 0 aliphatic rings. The second-order valence-corrected chi connectivity index (χ2v) is 2.65. The van der Waals surface area contributed by atoms with Crippen LogP contribution in [0.3, 0.4) is 0 Å². The minimum Gasteiger partial charge on any atom is -0.369 e. The van der Waals surface area contributed by atoms with Gasteiger partial charge in [-0.3, -0.25) is 0 Å². The third-order valence-corrected chi connectivity index (χ3v) is 1.54. The first-order valence-corrected chi connectivity index (χ1v) is 4.01. The highest BCUT2D eigenvalue weighted by molar-refractivity contribution is 5.36. The molecule has 0 unspecified atom stereocenters. The topological polar surface area (TPSA) is 50.9 Å². The zero-order valence-corrected chi connectivity index (χ0v) is 7.30. The summed E-state index contributed by atoms with van der Waals surface area (Å²) in [5.74, 6) is 0.392. The number of hydrogen-bond acceptors (Lipinski definition) is 3. The van der Waals surface area contributed by atoms with Gasteiger partial charge in [0.2, 0.25) is 0 Å².